The van der Waals surface area contributed by atoms with E-state index in [9.17, 15) is 17.6 Å². The van der Waals surface area contributed by atoms with Crippen molar-refractivity contribution in [3.8, 4) is 0 Å². The lowest BCUT2D eigenvalue weighted by Crippen LogP contribution is -2.46. The largest absolute Gasteiger partial charge is 0.343 e. The SMILES string of the molecule is NCCCCCCC(=O)N1CCC(NS(=O)(=O)c2ccc(F)cc2)CC1. The van der Waals surface area contributed by atoms with E-state index >= 15 is 0 Å². The summed E-state index contributed by atoms with van der Waals surface area (Å²) < 4.78 is 40.3. The summed E-state index contributed by atoms with van der Waals surface area (Å²) in [5.41, 5.74) is 5.45. The number of carbonyl (C=O) groups is 1. The Balaban J connectivity index is 1.75. The van der Waals surface area contributed by atoms with Crippen LogP contribution in [0.2, 0.25) is 0 Å². The molecule has 0 bridgehead atoms. The van der Waals surface area contributed by atoms with Crippen molar-refractivity contribution in [2.24, 2.45) is 5.73 Å². The predicted molar refractivity (Wildman–Crippen MR) is 98.5 cm³/mol. The third-order valence-corrected chi connectivity index (χ3v) is 6.17. The molecule has 1 aliphatic rings. The van der Waals surface area contributed by atoms with E-state index in [2.05, 4.69) is 4.72 Å². The standard InChI is InChI=1S/C18H28FN3O3S/c19-15-6-8-17(9-7-15)26(24,25)21-16-10-13-22(14-11-16)18(23)5-3-1-2-4-12-20/h6-9,16,21H,1-5,10-14,20H2. The van der Waals surface area contributed by atoms with Gasteiger partial charge in [-0.25, -0.2) is 17.5 Å². The van der Waals surface area contributed by atoms with Gasteiger partial charge in [0.2, 0.25) is 15.9 Å². The molecular formula is C18H28FN3O3S. The molecule has 0 radical (unpaired) electrons. The summed E-state index contributed by atoms with van der Waals surface area (Å²) in [6, 6.07) is 4.55. The number of sulfonamides is 1. The number of carbonyl (C=O) groups excluding carboxylic acids is 1. The summed E-state index contributed by atoms with van der Waals surface area (Å²) in [5, 5.41) is 0. The molecule has 3 N–H and O–H groups in total. The molecule has 1 heterocycles. The van der Waals surface area contributed by atoms with Crippen molar-refractivity contribution >= 4 is 15.9 Å². The zero-order valence-electron chi connectivity index (χ0n) is 15.0. The highest BCUT2D eigenvalue weighted by atomic mass is 32.2. The Morgan fingerprint density at radius 2 is 1.73 bits per heavy atom. The van der Waals surface area contributed by atoms with E-state index in [1.54, 1.807) is 0 Å². The summed E-state index contributed by atoms with van der Waals surface area (Å²) >= 11 is 0. The van der Waals surface area contributed by atoms with Crippen LogP contribution in [0.1, 0.15) is 44.9 Å². The fourth-order valence-electron chi connectivity index (χ4n) is 3.08. The molecule has 1 amide bonds. The van der Waals surface area contributed by atoms with Crippen molar-refractivity contribution in [1.29, 1.82) is 0 Å². The number of nitrogens with one attached hydrogen (secondary N) is 1. The third kappa shape index (κ3) is 6.34. The molecular weight excluding hydrogens is 357 g/mol. The van der Waals surface area contributed by atoms with Gasteiger partial charge in [0.15, 0.2) is 0 Å². The summed E-state index contributed by atoms with van der Waals surface area (Å²) in [5.74, 6) is -0.337. The quantitative estimate of drug-likeness (QED) is 0.636. The van der Waals surface area contributed by atoms with Gasteiger partial charge in [-0.05, 0) is 56.5 Å². The molecule has 2 rings (SSSR count). The number of nitrogens with zero attached hydrogens (tertiary/aromatic N) is 1. The number of halogens is 1. The molecule has 0 unspecified atom stereocenters. The van der Waals surface area contributed by atoms with Crippen LogP contribution in [-0.4, -0.2) is 44.9 Å². The maximum Gasteiger partial charge on any atom is 0.240 e. The second-order valence-electron chi connectivity index (χ2n) is 6.68. The first-order valence-electron chi connectivity index (χ1n) is 9.18. The van der Waals surface area contributed by atoms with Gasteiger partial charge in [0.25, 0.3) is 0 Å². The first kappa shape index (κ1) is 20.8. The Kier molecular flexibility index (Phi) is 7.99. The van der Waals surface area contributed by atoms with Gasteiger partial charge in [0, 0.05) is 25.6 Å². The van der Waals surface area contributed by atoms with Gasteiger partial charge in [-0.3, -0.25) is 4.79 Å². The highest BCUT2D eigenvalue weighted by Crippen LogP contribution is 2.17. The Morgan fingerprint density at radius 1 is 1.12 bits per heavy atom. The van der Waals surface area contributed by atoms with Crippen LogP contribution in [0.5, 0.6) is 0 Å². The molecule has 0 saturated carbocycles. The summed E-state index contributed by atoms with van der Waals surface area (Å²) in [6.45, 7) is 1.80. The number of hydrogen-bond donors (Lipinski definition) is 2. The van der Waals surface area contributed by atoms with Crippen LogP contribution in [-0.2, 0) is 14.8 Å². The lowest BCUT2D eigenvalue weighted by atomic mass is 10.1. The normalized spacial score (nSPS) is 16.0. The number of benzene rings is 1. The molecule has 1 fully saturated rings. The molecule has 1 saturated heterocycles. The molecule has 0 spiro atoms. The highest BCUT2D eigenvalue weighted by molar-refractivity contribution is 7.89. The van der Waals surface area contributed by atoms with Gasteiger partial charge >= 0.3 is 0 Å². The summed E-state index contributed by atoms with van der Waals surface area (Å²) in [6.07, 6.45) is 5.63. The topological polar surface area (TPSA) is 92.5 Å². The second kappa shape index (κ2) is 9.99. The first-order valence-corrected chi connectivity index (χ1v) is 10.7. The third-order valence-electron chi connectivity index (χ3n) is 4.64. The number of likely N-dealkylation sites (tertiary alicyclic amines) is 1. The summed E-state index contributed by atoms with van der Waals surface area (Å²) in [4.78, 5) is 14.1. The van der Waals surface area contributed by atoms with E-state index in [1.165, 1.54) is 12.1 Å². The second-order valence-corrected chi connectivity index (χ2v) is 8.40. The molecule has 1 aliphatic heterocycles. The minimum atomic E-state index is -3.67. The van der Waals surface area contributed by atoms with E-state index in [0.717, 1.165) is 37.8 Å². The van der Waals surface area contributed by atoms with Gasteiger partial charge in [-0.15, -0.1) is 0 Å². The monoisotopic (exact) mass is 385 g/mol. The van der Waals surface area contributed by atoms with Crippen LogP contribution < -0.4 is 10.5 Å². The zero-order valence-corrected chi connectivity index (χ0v) is 15.8. The molecule has 0 atom stereocenters. The van der Waals surface area contributed by atoms with Crippen molar-refractivity contribution in [3.63, 3.8) is 0 Å². The van der Waals surface area contributed by atoms with E-state index in [1.807, 2.05) is 4.90 Å². The maximum absolute atomic E-state index is 12.9. The molecule has 0 aliphatic carbocycles. The van der Waals surface area contributed by atoms with Gasteiger partial charge in [-0.2, -0.15) is 0 Å². The molecule has 8 heteroatoms. The van der Waals surface area contributed by atoms with Crippen LogP contribution in [0, 0.1) is 5.82 Å². The number of piperidine rings is 1. The minimum absolute atomic E-state index is 0.0508. The Hall–Kier alpha value is -1.51. The van der Waals surface area contributed by atoms with E-state index < -0.39 is 15.8 Å². The smallest absolute Gasteiger partial charge is 0.240 e. The maximum atomic E-state index is 12.9. The zero-order chi connectivity index (χ0) is 19.0. The lowest BCUT2D eigenvalue weighted by molar-refractivity contribution is -0.132. The van der Waals surface area contributed by atoms with Crippen LogP contribution in [0.3, 0.4) is 0 Å². The molecule has 1 aromatic carbocycles. The molecule has 0 aromatic heterocycles. The van der Waals surface area contributed by atoms with Crippen molar-refractivity contribution < 1.29 is 17.6 Å². The highest BCUT2D eigenvalue weighted by Gasteiger charge is 2.26. The van der Waals surface area contributed by atoms with Crippen LogP contribution in [0.25, 0.3) is 0 Å². The molecule has 26 heavy (non-hydrogen) atoms. The van der Waals surface area contributed by atoms with E-state index in [-0.39, 0.29) is 16.8 Å². The van der Waals surface area contributed by atoms with Gasteiger partial charge in [0.1, 0.15) is 5.82 Å². The predicted octanol–water partition coefficient (Wildman–Crippen LogP) is 2.00. The number of rotatable bonds is 9. The minimum Gasteiger partial charge on any atom is -0.343 e. The van der Waals surface area contributed by atoms with Crippen LogP contribution in [0.4, 0.5) is 4.39 Å². The fraction of sp³-hybridized carbons (Fsp3) is 0.611. The van der Waals surface area contributed by atoms with Crippen LogP contribution in [0.15, 0.2) is 29.2 Å². The van der Waals surface area contributed by atoms with Crippen LogP contribution >= 0.6 is 0 Å². The molecule has 146 valence electrons. The number of unbranched alkanes of at least 4 members (excludes halogenated alkanes) is 3. The van der Waals surface area contributed by atoms with Crippen molar-refractivity contribution in [3.05, 3.63) is 30.1 Å². The lowest BCUT2D eigenvalue weighted by Gasteiger charge is -2.32. The van der Waals surface area contributed by atoms with Crippen molar-refractivity contribution in [2.75, 3.05) is 19.6 Å². The van der Waals surface area contributed by atoms with E-state index in [0.29, 0.717) is 38.9 Å². The number of hydrogen-bond acceptors (Lipinski definition) is 4. The summed E-state index contributed by atoms with van der Waals surface area (Å²) in [7, 11) is -3.67. The first-order chi connectivity index (χ1) is 12.4. The average molecular weight is 386 g/mol. The average Bonchev–Trinajstić information content (AvgIpc) is 2.62. The van der Waals surface area contributed by atoms with Gasteiger partial charge in [-0.1, -0.05) is 12.8 Å². The van der Waals surface area contributed by atoms with Crippen molar-refractivity contribution in [1.82, 2.24) is 9.62 Å². The van der Waals surface area contributed by atoms with Crippen molar-refractivity contribution in [2.45, 2.75) is 55.9 Å². The van der Waals surface area contributed by atoms with Gasteiger partial charge < -0.3 is 10.6 Å². The molecule has 1 aromatic rings. The fourth-order valence-corrected chi connectivity index (χ4v) is 4.39. The number of nitrogens with two attached hydrogens (primary N) is 1. The molecule has 6 nitrogen and oxygen atoms in total. The van der Waals surface area contributed by atoms with Gasteiger partial charge in [0.05, 0.1) is 4.90 Å². The van der Waals surface area contributed by atoms with E-state index in [4.69, 9.17) is 5.73 Å². The Bertz CT molecular complexity index is 671. The Labute approximate surface area is 155 Å². The number of amides is 1. The Morgan fingerprint density at radius 3 is 2.35 bits per heavy atom.